The quantitative estimate of drug-likeness (QED) is 0.527. The number of fused-ring (bicyclic) bond motifs is 2. The monoisotopic (exact) mass is 490 g/mol. The molecule has 2 aliphatic heterocycles. The number of nitrogens with zero attached hydrogens (tertiary/aromatic N) is 5. The van der Waals surface area contributed by atoms with E-state index in [9.17, 15) is 27.6 Å². The van der Waals surface area contributed by atoms with E-state index in [0.717, 1.165) is 22.1 Å². The second-order valence-corrected chi connectivity index (χ2v) is 9.09. The Bertz CT molecular complexity index is 1390. The first kappa shape index (κ1) is 23.3. The molecule has 0 amide bonds. The Labute approximate surface area is 197 Å². The van der Waals surface area contributed by atoms with Crippen LogP contribution in [0.5, 0.6) is 0 Å². The van der Waals surface area contributed by atoms with Crippen LogP contribution in [0.4, 0.5) is 19.1 Å². The fourth-order valence-corrected chi connectivity index (χ4v) is 5.13. The Morgan fingerprint density at radius 2 is 1.89 bits per heavy atom. The van der Waals surface area contributed by atoms with Crippen molar-refractivity contribution in [3.8, 4) is 0 Å². The molecule has 2 atom stereocenters. The van der Waals surface area contributed by atoms with Gasteiger partial charge in [0.25, 0.3) is 5.56 Å². The summed E-state index contributed by atoms with van der Waals surface area (Å²) in [7, 11) is 1.41. The molecule has 0 spiro atoms. The zero-order chi connectivity index (χ0) is 24.9. The molecule has 2 aliphatic rings. The van der Waals surface area contributed by atoms with Gasteiger partial charge in [-0.2, -0.15) is 18.2 Å². The van der Waals surface area contributed by atoms with Crippen LogP contribution in [0, 0.1) is 5.92 Å². The number of halogens is 3. The van der Waals surface area contributed by atoms with Gasteiger partial charge in [0.05, 0.1) is 13.0 Å². The molecule has 3 aromatic rings. The van der Waals surface area contributed by atoms with Crippen LogP contribution in [-0.2, 0) is 20.1 Å². The number of hydrogen-bond acceptors (Lipinski definition) is 6. The number of aromatic nitrogens is 4. The smallest absolute Gasteiger partial charge is 0.338 e. The van der Waals surface area contributed by atoms with Crippen molar-refractivity contribution in [2.45, 2.75) is 38.1 Å². The summed E-state index contributed by atoms with van der Waals surface area (Å²) < 4.78 is 42.8. The number of alkyl halides is 3. The van der Waals surface area contributed by atoms with Gasteiger partial charge in [-0.1, -0.05) is 30.3 Å². The molecule has 35 heavy (non-hydrogen) atoms. The van der Waals surface area contributed by atoms with Crippen molar-refractivity contribution >= 4 is 22.9 Å². The van der Waals surface area contributed by atoms with Crippen molar-refractivity contribution in [2.75, 3.05) is 24.5 Å². The number of carbonyl (C=O) groups is 1. The second kappa shape index (κ2) is 8.67. The molecule has 5 rings (SSSR count). The number of rotatable bonds is 6. The highest BCUT2D eigenvalue weighted by Crippen LogP contribution is 2.33. The maximum absolute atomic E-state index is 13.5. The number of anilines is 1. The van der Waals surface area contributed by atoms with Gasteiger partial charge in [0, 0.05) is 44.8 Å². The lowest BCUT2D eigenvalue weighted by Gasteiger charge is -2.25. The molecular weight excluding hydrogens is 465 g/mol. The number of ketones is 1. The van der Waals surface area contributed by atoms with Gasteiger partial charge in [-0.15, -0.1) is 0 Å². The molecule has 9 nitrogen and oxygen atoms in total. The van der Waals surface area contributed by atoms with Crippen molar-refractivity contribution in [3.05, 3.63) is 56.7 Å². The van der Waals surface area contributed by atoms with Crippen LogP contribution in [0.15, 0.2) is 39.9 Å². The average Bonchev–Trinajstić information content (AvgIpc) is 3.53. The molecular formula is C23H25F3N6O3. The van der Waals surface area contributed by atoms with Crippen LogP contribution in [0.2, 0.25) is 0 Å². The molecule has 0 saturated carbocycles. The van der Waals surface area contributed by atoms with Crippen LogP contribution < -0.4 is 21.5 Å². The predicted molar refractivity (Wildman–Crippen MR) is 123 cm³/mol. The highest BCUT2D eigenvalue weighted by Gasteiger charge is 2.40. The number of nitrogens with one attached hydrogen (secondary N) is 1. The normalized spacial score (nSPS) is 20.1. The number of aryl methyl sites for hydroxylation is 2. The minimum Gasteiger partial charge on any atom is -0.338 e. The summed E-state index contributed by atoms with van der Waals surface area (Å²) >= 11 is 0. The molecule has 2 fully saturated rings. The van der Waals surface area contributed by atoms with Crippen LogP contribution in [0.3, 0.4) is 0 Å². The first-order valence-electron chi connectivity index (χ1n) is 11.5. The summed E-state index contributed by atoms with van der Waals surface area (Å²) in [6, 6.07) is 8.25. The number of benzene rings is 1. The summed E-state index contributed by atoms with van der Waals surface area (Å²) in [5.74, 6) is 0.139. The van der Waals surface area contributed by atoms with Crippen LogP contribution in [0.25, 0.3) is 11.2 Å². The van der Waals surface area contributed by atoms with Gasteiger partial charge in [0.2, 0.25) is 5.95 Å². The van der Waals surface area contributed by atoms with Gasteiger partial charge in [-0.05, 0) is 12.3 Å². The summed E-state index contributed by atoms with van der Waals surface area (Å²) in [6.45, 7) is 1.04. The number of Topliss-reactive ketones (excluding diaryl/α,β-unsaturated/α-hetero) is 1. The second-order valence-electron chi connectivity index (χ2n) is 9.09. The Morgan fingerprint density at radius 1 is 1.14 bits per heavy atom. The summed E-state index contributed by atoms with van der Waals surface area (Å²) in [6.07, 6.45) is -4.75. The highest BCUT2D eigenvalue weighted by molar-refractivity contribution is 5.95. The molecule has 2 aromatic heterocycles. The number of hydrogen-bond donors (Lipinski definition) is 1. The molecule has 1 aromatic carbocycles. The topological polar surface area (TPSA) is 94.2 Å². The minimum absolute atomic E-state index is 0.00925. The van der Waals surface area contributed by atoms with Gasteiger partial charge < -0.3 is 14.8 Å². The summed E-state index contributed by atoms with van der Waals surface area (Å²) in [5.41, 5.74) is -1.35. The predicted octanol–water partition coefficient (Wildman–Crippen LogP) is 1.53. The number of imidazole rings is 1. The van der Waals surface area contributed by atoms with E-state index < -0.39 is 42.7 Å². The standard InChI is InChI=1S/C23H25F3N6O3/c1-29-19-18(20(34)32(22(29)35)13-17(33)14-5-3-2-4-6-14)31(10-8-23(24,25)26)21(28-19)30-9-7-15-11-27-12-16(15)30/h2-6,15-16,27H,7-13H2,1H3. The van der Waals surface area contributed by atoms with E-state index in [1.54, 1.807) is 30.3 Å². The molecule has 0 bridgehead atoms. The van der Waals surface area contributed by atoms with Crippen LogP contribution >= 0.6 is 0 Å². The molecule has 2 saturated heterocycles. The van der Waals surface area contributed by atoms with E-state index in [2.05, 4.69) is 10.3 Å². The Balaban J connectivity index is 1.65. The van der Waals surface area contributed by atoms with E-state index in [0.29, 0.717) is 24.6 Å². The Hall–Kier alpha value is -3.41. The molecule has 0 radical (unpaired) electrons. The van der Waals surface area contributed by atoms with E-state index in [1.165, 1.54) is 11.6 Å². The van der Waals surface area contributed by atoms with Gasteiger partial charge in [0.15, 0.2) is 16.9 Å². The van der Waals surface area contributed by atoms with Crippen molar-refractivity contribution in [1.82, 2.24) is 24.0 Å². The van der Waals surface area contributed by atoms with E-state index in [-0.39, 0.29) is 23.2 Å². The maximum atomic E-state index is 13.5. The molecule has 186 valence electrons. The van der Waals surface area contributed by atoms with E-state index >= 15 is 0 Å². The SMILES string of the molecule is Cn1c(=O)n(CC(=O)c2ccccc2)c(=O)c2c1nc(N1CCC3CNCC31)n2CCC(F)(F)F. The number of carbonyl (C=O) groups excluding carboxylic acids is 1. The van der Waals surface area contributed by atoms with E-state index in [4.69, 9.17) is 0 Å². The summed E-state index contributed by atoms with van der Waals surface area (Å²) in [4.78, 5) is 45.7. The molecule has 0 aliphatic carbocycles. The van der Waals surface area contributed by atoms with Gasteiger partial charge in [-0.3, -0.25) is 18.7 Å². The Morgan fingerprint density at radius 3 is 2.60 bits per heavy atom. The minimum atomic E-state index is -4.45. The van der Waals surface area contributed by atoms with Crippen molar-refractivity contribution in [3.63, 3.8) is 0 Å². The Kier molecular flexibility index (Phi) is 5.78. The van der Waals surface area contributed by atoms with Crippen LogP contribution in [-0.4, -0.2) is 56.3 Å². The third-order valence-corrected chi connectivity index (χ3v) is 6.93. The zero-order valence-electron chi connectivity index (χ0n) is 19.1. The van der Waals surface area contributed by atoms with Gasteiger partial charge in [0.1, 0.15) is 0 Å². The lowest BCUT2D eigenvalue weighted by Crippen LogP contribution is -2.41. The first-order chi connectivity index (χ1) is 16.7. The molecule has 1 N–H and O–H groups in total. The van der Waals surface area contributed by atoms with Crippen LogP contribution in [0.1, 0.15) is 23.2 Å². The van der Waals surface area contributed by atoms with Gasteiger partial charge >= 0.3 is 11.9 Å². The average molecular weight is 490 g/mol. The van der Waals surface area contributed by atoms with E-state index in [1.807, 2.05) is 4.90 Å². The molecule has 12 heteroatoms. The van der Waals surface area contributed by atoms with Gasteiger partial charge in [-0.25, -0.2) is 4.79 Å². The first-order valence-corrected chi connectivity index (χ1v) is 11.5. The lowest BCUT2D eigenvalue weighted by atomic mass is 10.1. The molecule has 4 heterocycles. The maximum Gasteiger partial charge on any atom is 0.390 e. The lowest BCUT2D eigenvalue weighted by molar-refractivity contribution is -0.136. The zero-order valence-corrected chi connectivity index (χ0v) is 19.1. The van der Waals surface area contributed by atoms with Crippen molar-refractivity contribution in [1.29, 1.82) is 0 Å². The third-order valence-electron chi connectivity index (χ3n) is 6.93. The molecule has 2 unspecified atom stereocenters. The largest absolute Gasteiger partial charge is 0.390 e. The highest BCUT2D eigenvalue weighted by atomic mass is 19.4. The van der Waals surface area contributed by atoms with Crippen molar-refractivity contribution in [2.24, 2.45) is 13.0 Å². The fourth-order valence-electron chi connectivity index (χ4n) is 5.13. The summed E-state index contributed by atoms with van der Waals surface area (Å²) in [5, 5.41) is 3.29. The third kappa shape index (κ3) is 4.15. The fraction of sp³-hybridized carbons (Fsp3) is 0.478. The van der Waals surface area contributed by atoms with Crippen molar-refractivity contribution < 1.29 is 18.0 Å².